The number of hydrogen-bond acceptors (Lipinski definition) is 3. The van der Waals surface area contributed by atoms with Crippen molar-refractivity contribution in [1.82, 2.24) is 14.9 Å². The molecule has 0 spiro atoms. The van der Waals surface area contributed by atoms with E-state index in [4.69, 9.17) is 16.3 Å². The molecule has 2 rings (SSSR count). The molecule has 0 radical (unpaired) electrons. The number of halogens is 1. The molecule has 1 unspecified atom stereocenters. The summed E-state index contributed by atoms with van der Waals surface area (Å²) in [5.41, 5.74) is 1.14. The molecular weight excluding hydrogens is 262 g/mol. The normalized spacial score (nSPS) is 12.4. The lowest BCUT2D eigenvalue weighted by Gasteiger charge is -2.13. The second-order valence-electron chi connectivity index (χ2n) is 4.44. The zero-order chi connectivity index (χ0) is 13.8. The van der Waals surface area contributed by atoms with Crippen LogP contribution in [0.5, 0.6) is 5.75 Å². The number of benzene rings is 1. The van der Waals surface area contributed by atoms with E-state index in [0.717, 1.165) is 11.4 Å². The minimum atomic E-state index is 0.265. The predicted octanol–water partition coefficient (Wildman–Crippen LogP) is 2.93. The minimum absolute atomic E-state index is 0.265. The molecule has 0 saturated carbocycles. The highest BCUT2D eigenvalue weighted by Crippen LogP contribution is 2.28. The Morgan fingerprint density at radius 3 is 2.84 bits per heavy atom. The van der Waals surface area contributed by atoms with Crippen molar-refractivity contribution in [3.8, 4) is 5.75 Å². The van der Waals surface area contributed by atoms with E-state index in [-0.39, 0.29) is 6.04 Å². The van der Waals surface area contributed by atoms with Gasteiger partial charge in [-0.3, -0.25) is 0 Å². The summed E-state index contributed by atoms with van der Waals surface area (Å²) in [6, 6.07) is 6.10. The molecule has 1 atom stereocenters. The van der Waals surface area contributed by atoms with Crippen molar-refractivity contribution in [2.24, 2.45) is 7.05 Å². The van der Waals surface area contributed by atoms with Gasteiger partial charge in [0.05, 0.1) is 5.02 Å². The van der Waals surface area contributed by atoms with Crippen molar-refractivity contribution in [2.75, 3.05) is 7.05 Å². The van der Waals surface area contributed by atoms with Crippen LogP contribution in [0.1, 0.15) is 24.4 Å². The highest BCUT2D eigenvalue weighted by molar-refractivity contribution is 6.32. The first-order valence-corrected chi connectivity index (χ1v) is 6.55. The molecule has 0 aliphatic rings. The lowest BCUT2D eigenvalue weighted by molar-refractivity contribution is 0.292. The molecule has 0 amide bonds. The monoisotopic (exact) mass is 279 g/mol. The minimum Gasteiger partial charge on any atom is -0.484 e. The van der Waals surface area contributed by atoms with Crippen molar-refractivity contribution < 1.29 is 4.74 Å². The summed E-state index contributed by atoms with van der Waals surface area (Å²) in [4.78, 5) is 4.20. The number of ether oxygens (including phenoxy) is 1. The SMILES string of the molecule is CNC(C)c1ccc(OCc2nccn2C)c(Cl)c1. The van der Waals surface area contributed by atoms with Crippen molar-refractivity contribution >= 4 is 11.6 Å². The molecule has 1 N–H and O–H groups in total. The Hall–Kier alpha value is -1.52. The third kappa shape index (κ3) is 3.28. The highest BCUT2D eigenvalue weighted by Gasteiger charge is 2.08. The third-order valence-electron chi connectivity index (χ3n) is 3.17. The molecule has 0 saturated heterocycles. The van der Waals surface area contributed by atoms with Gasteiger partial charge in [-0.15, -0.1) is 0 Å². The lowest BCUT2D eigenvalue weighted by atomic mass is 10.1. The second-order valence-corrected chi connectivity index (χ2v) is 4.85. The average molecular weight is 280 g/mol. The molecule has 0 aliphatic heterocycles. The molecule has 0 bridgehead atoms. The molecule has 4 nitrogen and oxygen atoms in total. The van der Waals surface area contributed by atoms with Gasteiger partial charge in [0, 0.05) is 25.5 Å². The Bertz CT molecular complexity index is 553. The summed E-state index contributed by atoms with van der Waals surface area (Å²) in [5, 5.41) is 3.80. The molecule has 1 heterocycles. The molecule has 1 aromatic heterocycles. The number of aromatic nitrogens is 2. The maximum absolute atomic E-state index is 6.23. The molecule has 5 heteroatoms. The number of hydrogen-bond donors (Lipinski definition) is 1. The van der Waals surface area contributed by atoms with Gasteiger partial charge in [-0.1, -0.05) is 17.7 Å². The number of aryl methyl sites for hydroxylation is 1. The van der Waals surface area contributed by atoms with Gasteiger partial charge in [0.2, 0.25) is 0 Å². The van der Waals surface area contributed by atoms with Crippen LogP contribution in [0.2, 0.25) is 5.02 Å². The quantitative estimate of drug-likeness (QED) is 0.915. The summed E-state index contributed by atoms with van der Waals surface area (Å²) >= 11 is 6.23. The van der Waals surface area contributed by atoms with E-state index >= 15 is 0 Å². The largest absolute Gasteiger partial charge is 0.484 e. The second kappa shape index (κ2) is 6.08. The van der Waals surface area contributed by atoms with Crippen molar-refractivity contribution in [1.29, 1.82) is 0 Å². The fourth-order valence-electron chi connectivity index (χ4n) is 1.75. The van der Waals surface area contributed by atoms with Crippen LogP contribution in [0.4, 0.5) is 0 Å². The Labute approximate surface area is 118 Å². The Balaban J connectivity index is 2.07. The first-order chi connectivity index (χ1) is 9.11. The smallest absolute Gasteiger partial charge is 0.146 e. The maximum atomic E-state index is 6.23. The van der Waals surface area contributed by atoms with Crippen LogP contribution in [0.25, 0.3) is 0 Å². The summed E-state index contributed by atoms with van der Waals surface area (Å²) in [5.74, 6) is 1.54. The van der Waals surface area contributed by atoms with E-state index in [1.165, 1.54) is 0 Å². The van der Waals surface area contributed by atoms with Crippen LogP contribution < -0.4 is 10.1 Å². The molecule has 1 aromatic carbocycles. The lowest BCUT2D eigenvalue weighted by Crippen LogP contribution is -2.12. The van der Waals surface area contributed by atoms with Crippen LogP contribution in [0.3, 0.4) is 0 Å². The van der Waals surface area contributed by atoms with Gasteiger partial charge in [0.25, 0.3) is 0 Å². The van der Waals surface area contributed by atoms with E-state index < -0.39 is 0 Å². The van der Waals surface area contributed by atoms with Gasteiger partial charge >= 0.3 is 0 Å². The zero-order valence-corrected chi connectivity index (χ0v) is 12.1. The molecule has 102 valence electrons. The summed E-state index contributed by atoms with van der Waals surface area (Å²) in [6.07, 6.45) is 3.63. The summed E-state index contributed by atoms with van der Waals surface area (Å²) in [7, 11) is 3.86. The number of rotatable bonds is 5. The van der Waals surface area contributed by atoms with Crippen molar-refractivity contribution in [2.45, 2.75) is 19.6 Å². The van der Waals surface area contributed by atoms with Crippen molar-refractivity contribution in [3.63, 3.8) is 0 Å². The molecule has 0 fully saturated rings. The number of imidazole rings is 1. The first kappa shape index (κ1) is 13.9. The van der Waals surface area contributed by atoms with Crippen LogP contribution in [0.15, 0.2) is 30.6 Å². The van der Waals surface area contributed by atoms with Crippen LogP contribution in [-0.4, -0.2) is 16.6 Å². The van der Waals surface area contributed by atoms with Crippen LogP contribution in [0, 0.1) is 0 Å². The fraction of sp³-hybridized carbons (Fsp3) is 0.357. The van der Waals surface area contributed by atoms with Gasteiger partial charge in [-0.05, 0) is 31.7 Å². The topological polar surface area (TPSA) is 39.1 Å². The standard InChI is InChI=1S/C14H18ClN3O/c1-10(16-2)11-4-5-13(12(15)8-11)19-9-14-17-6-7-18(14)3/h4-8,10,16H,9H2,1-3H3. The van der Waals surface area contributed by atoms with Crippen molar-refractivity contribution in [3.05, 3.63) is 47.0 Å². The van der Waals surface area contributed by atoms with Gasteiger partial charge < -0.3 is 14.6 Å². The van der Waals surface area contributed by atoms with E-state index in [1.54, 1.807) is 6.20 Å². The summed E-state index contributed by atoms with van der Waals surface area (Å²) < 4.78 is 7.62. The van der Waals surface area contributed by atoms with E-state index in [2.05, 4.69) is 17.2 Å². The molecule has 2 aromatic rings. The Kier molecular flexibility index (Phi) is 4.45. The fourth-order valence-corrected chi connectivity index (χ4v) is 1.99. The number of nitrogens with zero attached hydrogens (tertiary/aromatic N) is 2. The van der Waals surface area contributed by atoms with Gasteiger partial charge in [0.15, 0.2) is 0 Å². The Morgan fingerprint density at radius 2 is 2.26 bits per heavy atom. The third-order valence-corrected chi connectivity index (χ3v) is 3.46. The van der Waals surface area contributed by atoms with Gasteiger partial charge in [-0.25, -0.2) is 4.98 Å². The first-order valence-electron chi connectivity index (χ1n) is 6.17. The summed E-state index contributed by atoms with van der Waals surface area (Å²) in [6.45, 7) is 2.49. The van der Waals surface area contributed by atoms with E-state index in [9.17, 15) is 0 Å². The van der Waals surface area contributed by atoms with Crippen LogP contribution in [-0.2, 0) is 13.7 Å². The van der Waals surface area contributed by atoms with Gasteiger partial charge in [0.1, 0.15) is 18.2 Å². The van der Waals surface area contributed by atoms with Crippen LogP contribution >= 0.6 is 11.6 Å². The predicted molar refractivity (Wildman–Crippen MR) is 76.5 cm³/mol. The molecule has 0 aliphatic carbocycles. The maximum Gasteiger partial charge on any atom is 0.146 e. The number of nitrogens with one attached hydrogen (secondary N) is 1. The molecule has 19 heavy (non-hydrogen) atoms. The molecular formula is C14H18ClN3O. The highest BCUT2D eigenvalue weighted by atomic mass is 35.5. The van der Waals surface area contributed by atoms with E-state index in [0.29, 0.717) is 17.4 Å². The average Bonchev–Trinajstić information content (AvgIpc) is 2.82. The zero-order valence-electron chi connectivity index (χ0n) is 11.4. The Morgan fingerprint density at radius 1 is 1.47 bits per heavy atom. The van der Waals surface area contributed by atoms with Gasteiger partial charge in [-0.2, -0.15) is 0 Å². The van der Waals surface area contributed by atoms with E-state index in [1.807, 2.05) is 43.1 Å².